The largest absolute Gasteiger partial charge is 0.274 e. The number of thioether (sulfide) groups is 1. The Morgan fingerprint density at radius 1 is 1.19 bits per heavy atom. The molecule has 0 aliphatic rings. The zero-order valence-electron chi connectivity index (χ0n) is 15.4. The fourth-order valence-electron chi connectivity index (χ4n) is 2.54. The minimum atomic E-state index is -0.208. The van der Waals surface area contributed by atoms with E-state index in [1.807, 2.05) is 53.0 Å². The van der Waals surface area contributed by atoms with Crippen molar-refractivity contribution in [1.82, 2.24) is 15.2 Å². The maximum absolute atomic E-state index is 11.1. The van der Waals surface area contributed by atoms with Gasteiger partial charge in [-0.15, -0.1) is 11.8 Å². The lowest BCUT2D eigenvalue weighted by Crippen LogP contribution is -2.12. The summed E-state index contributed by atoms with van der Waals surface area (Å²) in [6.45, 7) is 3.61. The standard InChI is InChI=1S/C21H22N4OS/c1-3-13-27-20-11-9-17(10-12-20)21-18(14-22-23-16(2)26)15-25(24-21)19-7-5-4-6-8-19/h4-12,14-15H,3,13H2,1-2H3,(H,23,26)/b22-14-. The number of carbonyl (C=O) groups excluding carboxylic acids is 1. The van der Waals surface area contributed by atoms with Crippen LogP contribution in [0.3, 0.4) is 0 Å². The lowest BCUT2D eigenvalue weighted by atomic mass is 10.1. The van der Waals surface area contributed by atoms with Crippen molar-refractivity contribution in [1.29, 1.82) is 0 Å². The van der Waals surface area contributed by atoms with Crippen molar-refractivity contribution in [2.24, 2.45) is 5.10 Å². The number of carbonyl (C=O) groups is 1. The van der Waals surface area contributed by atoms with Gasteiger partial charge in [-0.25, -0.2) is 10.1 Å². The molecule has 1 heterocycles. The number of rotatable bonds is 7. The average molecular weight is 379 g/mol. The van der Waals surface area contributed by atoms with Gasteiger partial charge in [0.25, 0.3) is 0 Å². The predicted octanol–water partition coefficient (Wildman–Crippen LogP) is 4.51. The molecule has 2 aromatic carbocycles. The first-order chi connectivity index (χ1) is 13.2. The molecule has 138 valence electrons. The van der Waals surface area contributed by atoms with Gasteiger partial charge < -0.3 is 0 Å². The Morgan fingerprint density at radius 3 is 2.59 bits per heavy atom. The van der Waals surface area contributed by atoms with E-state index in [2.05, 4.69) is 41.7 Å². The maximum atomic E-state index is 11.1. The molecule has 0 radical (unpaired) electrons. The Hall–Kier alpha value is -2.86. The van der Waals surface area contributed by atoms with Crippen molar-refractivity contribution in [3.05, 3.63) is 66.4 Å². The van der Waals surface area contributed by atoms with E-state index in [4.69, 9.17) is 5.10 Å². The van der Waals surface area contributed by atoms with Crippen LogP contribution in [0.25, 0.3) is 16.9 Å². The first kappa shape index (κ1) is 18.9. The molecule has 27 heavy (non-hydrogen) atoms. The van der Waals surface area contributed by atoms with E-state index in [1.54, 1.807) is 6.21 Å². The van der Waals surface area contributed by atoms with Gasteiger partial charge in [0.05, 0.1) is 11.9 Å². The Bertz CT molecular complexity index is 917. The molecule has 0 saturated heterocycles. The third-order valence-electron chi connectivity index (χ3n) is 3.79. The summed E-state index contributed by atoms with van der Waals surface area (Å²) in [6, 6.07) is 18.3. The van der Waals surface area contributed by atoms with Crippen LogP contribution in [0.2, 0.25) is 0 Å². The van der Waals surface area contributed by atoms with Gasteiger partial charge in [0.1, 0.15) is 5.69 Å². The van der Waals surface area contributed by atoms with Crippen molar-refractivity contribution in [2.45, 2.75) is 25.2 Å². The van der Waals surface area contributed by atoms with E-state index < -0.39 is 0 Å². The molecule has 0 atom stereocenters. The molecule has 0 spiro atoms. The van der Waals surface area contributed by atoms with Gasteiger partial charge in [-0.05, 0) is 36.4 Å². The zero-order valence-corrected chi connectivity index (χ0v) is 16.2. The van der Waals surface area contributed by atoms with Gasteiger partial charge in [-0.1, -0.05) is 37.3 Å². The monoisotopic (exact) mass is 378 g/mol. The van der Waals surface area contributed by atoms with Gasteiger partial charge in [0, 0.05) is 29.1 Å². The van der Waals surface area contributed by atoms with E-state index in [9.17, 15) is 4.79 Å². The first-order valence-electron chi connectivity index (χ1n) is 8.85. The van der Waals surface area contributed by atoms with Gasteiger partial charge in [0.15, 0.2) is 0 Å². The topological polar surface area (TPSA) is 59.3 Å². The molecule has 3 aromatic rings. The first-order valence-corrected chi connectivity index (χ1v) is 9.84. The van der Waals surface area contributed by atoms with Crippen LogP contribution in [0.1, 0.15) is 25.8 Å². The minimum absolute atomic E-state index is 0.208. The Morgan fingerprint density at radius 2 is 1.93 bits per heavy atom. The number of nitrogens with zero attached hydrogens (tertiary/aromatic N) is 3. The third kappa shape index (κ3) is 5.08. The average Bonchev–Trinajstić information content (AvgIpc) is 3.11. The number of para-hydroxylation sites is 1. The predicted molar refractivity (Wildman–Crippen MR) is 111 cm³/mol. The van der Waals surface area contributed by atoms with Gasteiger partial charge in [-0.2, -0.15) is 10.2 Å². The van der Waals surface area contributed by atoms with Crippen LogP contribution >= 0.6 is 11.8 Å². The van der Waals surface area contributed by atoms with E-state index in [0.29, 0.717) is 0 Å². The number of aromatic nitrogens is 2. The van der Waals surface area contributed by atoms with Gasteiger partial charge in [-0.3, -0.25) is 4.79 Å². The summed E-state index contributed by atoms with van der Waals surface area (Å²) >= 11 is 1.85. The molecule has 0 aliphatic carbocycles. The molecule has 0 saturated carbocycles. The van der Waals surface area contributed by atoms with Crippen molar-refractivity contribution in [3.63, 3.8) is 0 Å². The summed E-state index contributed by atoms with van der Waals surface area (Å²) in [6.07, 6.45) is 4.69. The Balaban J connectivity index is 1.95. The number of benzene rings is 2. The molecule has 1 amide bonds. The van der Waals surface area contributed by atoms with Gasteiger partial charge in [0.2, 0.25) is 5.91 Å². The lowest BCUT2D eigenvalue weighted by Gasteiger charge is -2.03. The highest BCUT2D eigenvalue weighted by Crippen LogP contribution is 2.26. The van der Waals surface area contributed by atoms with Crippen molar-refractivity contribution in [2.75, 3.05) is 5.75 Å². The lowest BCUT2D eigenvalue weighted by molar-refractivity contribution is -0.118. The van der Waals surface area contributed by atoms with Crippen LogP contribution in [0, 0.1) is 0 Å². The van der Waals surface area contributed by atoms with Crippen molar-refractivity contribution >= 4 is 23.9 Å². The van der Waals surface area contributed by atoms with Gasteiger partial charge >= 0.3 is 0 Å². The van der Waals surface area contributed by atoms with Crippen LogP contribution < -0.4 is 5.43 Å². The molecule has 1 aromatic heterocycles. The molecule has 5 nitrogen and oxygen atoms in total. The SMILES string of the molecule is CCCSc1ccc(-c2nn(-c3ccccc3)cc2/C=N\NC(C)=O)cc1. The second-order valence-electron chi connectivity index (χ2n) is 6.01. The molecular weight excluding hydrogens is 356 g/mol. The van der Waals surface area contributed by atoms with E-state index in [-0.39, 0.29) is 5.91 Å². The molecule has 3 rings (SSSR count). The summed E-state index contributed by atoms with van der Waals surface area (Å²) in [4.78, 5) is 12.3. The smallest absolute Gasteiger partial charge is 0.236 e. The second-order valence-corrected chi connectivity index (χ2v) is 7.18. The molecule has 0 aliphatic heterocycles. The highest BCUT2D eigenvalue weighted by atomic mass is 32.2. The van der Waals surface area contributed by atoms with Crippen LogP contribution in [-0.4, -0.2) is 27.7 Å². The second kappa shape index (κ2) is 9.19. The maximum Gasteiger partial charge on any atom is 0.236 e. The highest BCUT2D eigenvalue weighted by molar-refractivity contribution is 7.99. The minimum Gasteiger partial charge on any atom is -0.274 e. The number of nitrogens with one attached hydrogen (secondary N) is 1. The summed E-state index contributed by atoms with van der Waals surface area (Å²) < 4.78 is 1.82. The fourth-order valence-corrected chi connectivity index (χ4v) is 3.31. The molecule has 0 fully saturated rings. The summed E-state index contributed by atoms with van der Waals surface area (Å²) in [5.74, 6) is 0.900. The summed E-state index contributed by atoms with van der Waals surface area (Å²) in [5.41, 5.74) is 6.07. The van der Waals surface area contributed by atoms with Crippen LogP contribution in [0.5, 0.6) is 0 Å². The molecule has 0 bridgehead atoms. The van der Waals surface area contributed by atoms with Crippen LogP contribution in [0.15, 0.2) is 70.8 Å². The van der Waals surface area contributed by atoms with E-state index in [1.165, 1.54) is 11.8 Å². The fraction of sp³-hybridized carbons (Fsp3) is 0.190. The molecule has 1 N–H and O–H groups in total. The van der Waals surface area contributed by atoms with Crippen LogP contribution in [0.4, 0.5) is 0 Å². The van der Waals surface area contributed by atoms with Crippen molar-refractivity contribution in [3.8, 4) is 16.9 Å². The van der Waals surface area contributed by atoms with Crippen LogP contribution in [-0.2, 0) is 4.79 Å². The quantitative estimate of drug-likeness (QED) is 0.374. The summed E-state index contributed by atoms with van der Waals surface area (Å²) in [5, 5.41) is 8.76. The molecular formula is C21H22N4OS. The van der Waals surface area contributed by atoms with Crippen molar-refractivity contribution < 1.29 is 4.79 Å². The number of hydrazone groups is 1. The Labute approximate surface area is 163 Å². The van der Waals surface area contributed by atoms with E-state index in [0.717, 1.165) is 34.7 Å². The highest BCUT2D eigenvalue weighted by Gasteiger charge is 2.11. The van der Waals surface area contributed by atoms with E-state index >= 15 is 0 Å². The summed E-state index contributed by atoms with van der Waals surface area (Å²) in [7, 11) is 0. The molecule has 0 unspecified atom stereocenters. The Kier molecular flexibility index (Phi) is 6.44. The number of amides is 1. The number of hydrogen-bond acceptors (Lipinski definition) is 4. The zero-order chi connectivity index (χ0) is 19.1. The normalized spacial score (nSPS) is 11.0. The molecule has 6 heteroatoms. The number of hydrogen-bond donors (Lipinski definition) is 1. The third-order valence-corrected chi connectivity index (χ3v) is 5.01.